The van der Waals surface area contributed by atoms with E-state index < -0.39 is 5.03 Å². The van der Waals surface area contributed by atoms with E-state index in [0.29, 0.717) is 11.4 Å². The molecule has 10 heavy (non-hydrogen) atoms. The number of amides is 1. The predicted octanol–water partition coefficient (Wildman–Crippen LogP) is 0.191. The summed E-state index contributed by atoms with van der Waals surface area (Å²) in [5.74, 6) is -0.365. The van der Waals surface area contributed by atoms with Gasteiger partial charge in [-0.3, -0.25) is 4.79 Å². The minimum Gasteiger partial charge on any atom is -0.269 e. The van der Waals surface area contributed by atoms with Crippen LogP contribution in [0.25, 0.3) is 0 Å². The van der Waals surface area contributed by atoms with Gasteiger partial charge in [0.15, 0.2) is 5.03 Å². The molecule has 0 radical (unpaired) electrons. The first-order chi connectivity index (χ1) is 4.72. The third kappa shape index (κ3) is 1.23. The van der Waals surface area contributed by atoms with Gasteiger partial charge in [0.1, 0.15) is 0 Å². The minimum absolute atomic E-state index is 0.270. The van der Waals surface area contributed by atoms with Crippen molar-refractivity contribution in [2.24, 2.45) is 0 Å². The highest BCUT2D eigenvalue weighted by atomic mass is 16.7. The van der Waals surface area contributed by atoms with Crippen molar-refractivity contribution in [1.29, 1.82) is 0 Å². The van der Waals surface area contributed by atoms with Crippen LogP contribution in [-0.4, -0.2) is 22.5 Å². The molecular formula is C5H8N2O3. The number of nitrogens with zero attached hydrogens (tertiary/aromatic N) is 2. The van der Waals surface area contributed by atoms with Gasteiger partial charge in [-0.2, -0.15) is 0 Å². The van der Waals surface area contributed by atoms with Crippen molar-refractivity contribution >= 4 is 5.91 Å². The Morgan fingerprint density at radius 2 is 2.20 bits per heavy atom. The Balaban J connectivity index is 2.56. The molecule has 0 atom stereocenters. The molecule has 1 aliphatic heterocycles. The Kier molecular flexibility index (Phi) is 1.84. The fourth-order valence-electron chi connectivity index (χ4n) is 0.964. The van der Waals surface area contributed by atoms with Gasteiger partial charge < -0.3 is 0 Å². The van der Waals surface area contributed by atoms with Crippen LogP contribution in [0.4, 0.5) is 0 Å². The lowest BCUT2D eigenvalue weighted by Gasteiger charge is -2.15. The SMILES string of the molecule is O=C1CCCCN1[N+](=O)[O-]. The van der Waals surface area contributed by atoms with E-state index in [0.717, 1.165) is 12.8 Å². The molecule has 1 saturated heterocycles. The van der Waals surface area contributed by atoms with Crippen LogP contribution in [0.1, 0.15) is 19.3 Å². The maximum absolute atomic E-state index is 10.7. The van der Waals surface area contributed by atoms with Gasteiger partial charge in [0, 0.05) is 6.42 Å². The average Bonchev–Trinajstić information content (AvgIpc) is 1.88. The Bertz CT molecular complexity index is 168. The van der Waals surface area contributed by atoms with Crippen molar-refractivity contribution in [3.05, 3.63) is 10.1 Å². The highest BCUT2D eigenvalue weighted by Gasteiger charge is 2.26. The van der Waals surface area contributed by atoms with Gasteiger partial charge in [0.05, 0.1) is 6.54 Å². The molecule has 0 bridgehead atoms. The van der Waals surface area contributed by atoms with Crippen LogP contribution in [-0.2, 0) is 4.79 Å². The number of carbonyl (C=O) groups excluding carboxylic acids is 1. The highest BCUT2D eigenvalue weighted by molar-refractivity contribution is 5.75. The van der Waals surface area contributed by atoms with Crippen LogP contribution in [0, 0.1) is 10.1 Å². The molecule has 5 nitrogen and oxygen atoms in total. The third-order valence-corrected chi connectivity index (χ3v) is 1.50. The van der Waals surface area contributed by atoms with Gasteiger partial charge in [-0.25, -0.2) is 10.1 Å². The van der Waals surface area contributed by atoms with Crippen LogP contribution in [0.15, 0.2) is 0 Å². The zero-order chi connectivity index (χ0) is 7.56. The van der Waals surface area contributed by atoms with E-state index in [1.807, 2.05) is 0 Å². The Hall–Kier alpha value is -1.13. The second kappa shape index (κ2) is 2.64. The summed E-state index contributed by atoms with van der Waals surface area (Å²) in [7, 11) is 0. The number of piperidine rings is 1. The molecular weight excluding hydrogens is 136 g/mol. The summed E-state index contributed by atoms with van der Waals surface area (Å²) < 4.78 is 0. The highest BCUT2D eigenvalue weighted by Crippen LogP contribution is 2.09. The maximum atomic E-state index is 10.7. The molecule has 0 saturated carbocycles. The van der Waals surface area contributed by atoms with Gasteiger partial charge in [-0.15, -0.1) is 0 Å². The second-order valence-electron chi connectivity index (χ2n) is 2.21. The molecule has 0 unspecified atom stereocenters. The summed E-state index contributed by atoms with van der Waals surface area (Å²) in [6.07, 6.45) is 1.84. The third-order valence-electron chi connectivity index (χ3n) is 1.50. The molecule has 0 aliphatic carbocycles. The van der Waals surface area contributed by atoms with E-state index in [4.69, 9.17) is 0 Å². The monoisotopic (exact) mass is 144 g/mol. The fraction of sp³-hybridized carbons (Fsp3) is 0.800. The normalized spacial score (nSPS) is 19.2. The molecule has 0 aromatic rings. The van der Waals surface area contributed by atoms with Crippen molar-refractivity contribution in [3.8, 4) is 0 Å². The molecule has 0 aromatic carbocycles. The van der Waals surface area contributed by atoms with Crippen LogP contribution >= 0.6 is 0 Å². The zero-order valence-corrected chi connectivity index (χ0v) is 5.45. The van der Waals surface area contributed by atoms with Crippen molar-refractivity contribution in [1.82, 2.24) is 5.01 Å². The predicted molar refractivity (Wildman–Crippen MR) is 32.6 cm³/mol. The van der Waals surface area contributed by atoms with Gasteiger partial charge in [-0.05, 0) is 12.8 Å². The average molecular weight is 144 g/mol. The van der Waals surface area contributed by atoms with Gasteiger partial charge in [-0.1, -0.05) is 5.01 Å². The number of hydrogen-bond acceptors (Lipinski definition) is 3. The molecule has 1 rings (SSSR count). The molecule has 0 spiro atoms. The molecule has 1 fully saturated rings. The number of rotatable bonds is 1. The second-order valence-corrected chi connectivity index (χ2v) is 2.21. The summed E-state index contributed by atoms with van der Waals surface area (Å²) in [5, 5.41) is 10.1. The Morgan fingerprint density at radius 3 is 2.60 bits per heavy atom. The van der Waals surface area contributed by atoms with E-state index in [1.54, 1.807) is 0 Å². The smallest absolute Gasteiger partial charge is 0.269 e. The Morgan fingerprint density at radius 1 is 1.50 bits per heavy atom. The molecule has 1 amide bonds. The largest absolute Gasteiger partial charge is 0.283 e. The fourth-order valence-corrected chi connectivity index (χ4v) is 0.964. The molecule has 5 heteroatoms. The molecule has 0 N–H and O–H groups in total. The quantitative estimate of drug-likeness (QED) is 0.390. The summed E-state index contributed by atoms with van der Waals surface area (Å²) in [6, 6.07) is 0. The van der Waals surface area contributed by atoms with Crippen LogP contribution in [0.5, 0.6) is 0 Å². The summed E-state index contributed by atoms with van der Waals surface area (Å²) in [6.45, 7) is 0.270. The van der Waals surface area contributed by atoms with E-state index >= 15 is 0 Å². The number of hydrogen-bond donors (Lipinski definition) is 0. The lowest BCUT2D eigenvalue weighted by molar-refractivity contribution is -0.635. The lowest BCUT2D eigenvalue weighted by atomic mass is 10.1. The molecule has 1 heterocycles. The van der Waals surface area contributed by atoms with Crippen LogP contribution in [0.2, 0.25) is 0 Å². The van der Waals surface area contributed by atoms with E-state index in [1.165, 1.54) is 0 Å². The minimum atomic E-state index is -0.637. The standard InChI is InChI=1S/C5H8N2O3/c8-5-3-1-2-4-6(5)7(9)10/h1-4H2. The van der Waals surface area contributed by atoms with Crippen molar-refractivity contribution in [3.63, 3.8) is 0 Å². The first kappa shape index (κ1) is 6.98. The molecule has 0 aromatic heterocycles. The molecule has 56 valence electrons. The van der Waals surface area contributed by atoms with Crippen LogP contribution in [0.3, 0.4) is 0 Å². The zero-order valence-electron chi connectivity index (χ0n) is 5.45. The van der Waals surface area contributed by atoms with E-state index in [9.17, 15) is 14.9 Å². The van der Waals surface area contributed by atoms with Crippen LogP contribution < -0.4 is 0 Å². The number of hydrazine groups is 1. The number of nitro groups is 1. The van der Waals surface area contributed by atoms with Crippen molar-refractivity contribution < 1.29 is 9.83 Å². The summed E-state index contributed by atoms with van der Waals surface area (Å²) >= 11 is 0. The van der Waals surface area contributed by atoms with E-state index in [-0.39, 0.29) is 12.5 Å². The summed E-state index contributed by atoms with van der Waals surface area (Å²) in [4.78, 5) is 20.8. The van der Waals surface area contributed by atoms with E-state index in [2.05, 4.69) is 0 Å². The Labute approximate surface area is 57.7 Å². The van der Waals surface area contributed by atoms with Gasteiger partial charge in [0.25, 0.3) is 5.91 Å². The first-order valence-electron chi connectivity index (χ1n) is 3.16. The van der Waals surface area contributed by atoms with Gasteiger partial charge >= 0.3 is 0 Å². The summed E-state index contributed by atoms with van der Waals surface area (Å²) in [5.41, 5.74) is 0. The molecule has 1 aliphatic rings. The topological polar surface area (TPSA) is 63.5 Å². The van der Waals surface area contributed by atoms with Gasteiger partial charge in [0.2, 0.25) is 0 Å². The first-order valence-corrected chi connectivity index (χ1v) is 3.16. The van der Waals surface area contributed by atoms with Crippen molar-refractivity contribution in [2.75, 3.05) is 6.54 Å². The number of carbonyl (C=O) groups is 1. The maximum Gasteiger partial charge on any atom is 0.283 e. The lowest BCUT2D eigenvalue weighted by Crippen LogP contribution is -2.39. The van der Waals surface area contributed by atoms with Crippen molar-refractivity contribution in [2.45, 2.75) is 19.3 Å².